The first-order valence-electron chi connectivity index (χ1n) is 9.49. The second kappa shape index (κ2) is 8.74. The van der Waals surface area contributed by atoms with Crippen molar-refractivity contribution in [2.24, 2.45) is 0 Å². The summed E-state index contributed by atoms with van der Waals surface area (Å²) in [4.78, 5) is 28.5. The van der Waals surface area contributed by atoms with E-state index in [0.717, 1.165) is 23.2 Å². The molecule has 31 heavy (non-hydrogen) atoms. The molecule has 156 valence electrons. The minimum Gasteiger partial charge on any atom is -0.436 e. The lowest BCUT2D eigenvalue weighted by atomic mass is 10.2. The molecular weight excluding hydrogens is 404 g/mol. The summed E-state index contributed by atoms with van der Waals surface area (Å²) in [6.45, 7) is 0.00245. The van der Waals surface area contributed by atoms with E-state index in [1.807, 2.05) is 24.3 Å². The van der Waals surface area contributed by atoms with Gasteiger partial charge in [-0.1, -0.05) is 12.1 Å². The Morgan fingerprint density at radius 1 is 0.968 bits per heavy atom. The largest absolute Gasteiger partial charge is 0.436 e. The van der Waals surface area contributed by atoms with Crippen LogP contribution in [-0.2, 0) is 4.79 Å². The highest BCUT2D eigenvalue weighted by molar-refractivity contribution is 5.95. The zero-order valence-electron chi connectivity index (χ0n) is 16.2. The Balaban J connectivity index is 1.30. The molecule has 0 fully saturated rings. The molecule has 2 amide bonds. The van der Waals surface area contributed by atoms with E-state index in [0.29, 0.717) is 23.2 Å². The molecule has 0 atom stereocenters. The van der Waals surface area contributed by atoms with Crippen LogP contribution >= 0.6 is 0 Å². The molecule has 0 aliphatic rings. The number of oxazole rings is 1. The molecule has 0 unspecified atom stereocenters. The van der Waals surface area contributed by atoms with Crippen molar-refractivity contribution >= 4 is 28.6 Å². The number of rotatable bonds is 6. The van der Waals surface area contributed by atoms with Gasteiger partial charge in [0, 0.05) is 30.3 Å². The molecule has 1 aromatic heterocycles. The van der Waals surface area contributed by atoms with E-state index in [1.165, 1.54) is 0 Å². The predicted octanol–water partition coefficient (Wildman–Crippen LogP) is 4.53. The van der Waals surface area contributed by atoms with Gasteiger partial charge in [-0.3, -0.25) is 9.59 Å². The predicted molar refractivity (Wildman–Crippen MR) is 111 cm³/mol. The molecule has 0 spiro atoms. The molecule has 0 aliphatic carbocycles. The fourth-order valence-corrected chi connectivity index (χ4v) is 2.97. The molecule has 3 aromatic carbocycles. The quantitative estimate of drug-likeness (QED) is 0.479. The van der Waals surface area contributed by atoms with Gasteiger partial charge in [-0.15, -0.1) is 0 Å². The van der Waals surface area contributed by atoms with Crippen LogP contribution in [0.1, 0.15) is 16.8 Å². The third kappa shape index (κ3) is 4.75. The lowest BCUT2D eigenvalue weighted by Gasteiger charge is -2.08. The zero-order chi connectivity index (χ0) is 21.8. The van der Waals surface area contributed by atoms with Gasteiger partial charge in [0.1, 0.15) is 17.2 Å². The van der Waals surface area contributed by atoms with Gasteiger partial charge < -0.3 is 15.1 Å². The van der Waals surface area contributed by atoms with Crippen LogP contribution in [0.2, 0.25) is 0 Å². The number of halogens is 2. The lowest BCUT2D eigenvalue weighted by molar-refractivity contribution is -0.116. The second-order valence-corrected chi connectivity index (χ2v) is 6.74. The summed E-state index contributed by atoms with van der Waals surface area (Å²) in [6, 6.07) is 17.1. The van der Waals surface area contributed by atoms with E-state index in [2.05, 4.69) is 15.6 Å². The molecule has 8 heteroatoms. The molecule has 6 nitrogen and oxygen atoms in total. The first kappa shape index (κ1) is 20.2. The second-order valence-electron chi connectivity index (χ2n) is 6.74. The molecular formula is C23H17F2N3O3. The van der Waals surface area contributed by atoms with Crippen LogP contribution in [0.4, 0.5) is 14.5 Å². The number of nitrogens with one attached hydrogen (secondary N) is 2. The topological polar surface area (TPSA) is 84.2 Å². The van der Waals surface area contributed by atoms with Gasteiger partial charge in [-0.25, -0.2) is 13.8 Å². The van der Waals surface area contributed by atoms with E-state index in [1.54, 1.807) is 24.3 Å². The van der Waals surface area contributed by atoms with Gasteiger partial charge in [0.25, 0.3) is 5.91 Å². The number of carbonyl (C=O) groups excluding carboxylic acids is 2. The summed E-state index contributed by atoms with van der Waals surface area (Å²) in [5.74, 6) is -2.28. The van der Waals surface area contributed by atoms with Crippen molar-refractivity contribution in [2.75, 3.05) is 11.9 Å². The molecule has 0 saturated heterocycles. The maximum atomic E-state index is 13.6. The Bertz CT molecular complexity index is 1220. The summed E-state index contributed by atoms with van der Waals surface area (Å²) in [7, 11) is 0. The number of hydrogen-bond donors (Lipinski definition) is 2. The number of carbonyl (C=O) groups is 2. The molecule has 0 aliphatic heterocycles. The van der Waals surface area contributed by atoms with E-state index in [4.69, 9.17) is 4.42 Å². The zero-order valence-corrected chi connectivity index (χ0v) is 16.2. The van der Waals surface area contributed by atoms with Crippen molar-refractivity contribution in [3.63, 3.8) is 0 Å². The average molecular weight is 421 g/mol. The van der Waals surface area contributed by atoms with Crippen molar-refractivity contribution in [1.82, 2.24) is 10.3 Å². The fraction of sp³-hybridized carbons (Fsp3) is 0.0870. The van der Waals surface area contributed by atoms with Crippen LogP contribution in [0.3, 0.4) is 0 Å². The molecule has 4 rings (SSSR count). The number of hydrogen-bond acceptors (Lipinski definition) is 4. The summed E-state index contributed by atoms with van der Waals surface area (Å²) >= 11 is 0. The van der Waals surface area contributed by atoms with Crippen molar-refractivity contribution in [3.8, 4) is 11.5 Å². The first-order chi connectivity index (χ1) is 15.0. The van der Waals surface area contributed by atoms with Crippen LogP contribution in [0, 0.1) is 11.6 Å². The molecule has 0 radical (unpaired) electrons. The molecule has 4 aromatic rings. The molecule has 0 bridgehead atoms. The van der Waals surface area contributed by atoms with E-state index in [9.17, 15) is 18.4 Å². The number of fused-ring (bicyclic) bond motifs is 1. The van der Waals surface area contributed by atoms with Gasteiger partial charge in [0.05, 0.1) is 5.56 Å². The van der Waals surface area contributed by atoms with Crippen molar-refractivity contribution in [3.05, 3.63) is 83.9 Å². The smallest absolute Gasteiger partial charge is 0.254 e. The minimum absolute atomic E-state index is 0.00245. The Morgan fingerprint density at radius 2 is 1.74 bits per heavy atom. The maximum Gasteiger partial charge on any atom is 0.254 e. The number of nitrogens with zero attached hydrogens (tertiary/aromatic N) is 1. The Morgan fingerprint density at radius 3 is 2.48 bits per heavy atom. The van der Waals surface area contributed by atoms with Gasteiger partial charge in [0.2, 0.25) is 11.8 Å². The standard InChI is InChI=1S/C23H17F2N3O3/c24-15-7-10-17(18(25)13-15)22(30)26-12-11-21(29)27-16-8-5-14(6-9-16)23-28-19-3-1-2-4-20(19)31-23/h1-10,13H,11-12H2,(H,26,30)(H,27,29). The highest BCUT2D eigenvalue weighted by Gasteiger charge is 2.13. The summed E-state index contributed by atoms with van der Waals surface area (Å²) in [5, 5.41) is 5.15. The monoisotopic (exact) mass is 421 g/mol. The number of anilines is 1. The Kier molecular flexibility index (Phi) is 5.70. The van der Waals surface area contributed by atoms with Gasteiger partial charge in [-0.05, 0) is 48.5 Å². The number of para-hydroxylation sites is 2. The van der Waals surface area contributed by atoms with Crippen molar-refractivity contribution in [2.45, 2.75) is 6.42 Å². The van der Waals surface area contributed by atoms with Gasteiger partial charge >= 0.3 is 0 Å². The van der Waals surface area contributed by atoms with Crippen LogP contribution in [0.15, 0.2) is 71.1 Å². The fourth-order valence-electron chi connectivity index (χ4n) is 2.97. The first-order valence-corrected chi connectivity index (χ1v) is 9.49. The van der Waals surface area contributed by atoms with Crippen molar-refractivity contribution < 1.29 is 22.8 Å². The lowest BCUT2D eigenvalue weighted by Crippen LogP contribution is -2.28. The maximum absolute atomic E-state index is 13.6. The molecule has 2 N–H and O–H groups in total. The summed E-state index contributed by atoms with van der Waals surface area (Å²) < 4.78 is 32.2. The highest BCUT2D eigenvalue weighted by Crippen LogP contribution is 2.25. The SMILES string of the molecule is O=C(CCNC(=O)c1ccc(F)cc1F)Nc1ccc(-c2nc3ccccc3o2)cc1. The third-order valence-corrected chi connectivity index (χ3v) is 4.52. The van der Waals surface area contributed by atoms with Crippen molar-refractivity contribution in [1.29, 1.82) is 0 Å². The third-order valence-electron chi connectivity index (χ3n) is 4.52. The Hall–Kier alpha value is -4.07. The minimum atomic E-state index is -0.957. The average Bonchev–Trinajstić information content (AvgIpc) is 3.18. The molecule has 0 saturated carbocycles. The number of amides is 2. The van der Waals surface area contributed by atoms with Crippen LogP contribution in [0.5, 0.6) is 0 Å². The van der Waals surface area contributed by atoms with Crippen LogP contribution < -0.4 is 10.6 Å². The van der Waals surface area contributed by atoms with Gasteiger partial charge in [-0.2, -0.15) is 0 Å². The van der Waals surface area contributed by atoms with E-state index in [-0.39, 0.29) is 24.4 Å². The molecule has 1 heterocycles. The summed E-state index contributed by atoms with van der Waals surface area (Å²) in [6.07, 6.45) is -0.0125. The van der Waals surface area contributed by atoms with Crippen LogP contribution in [0.25, 0.3) is 22.6 Å². The van der Waals surface area contributed by atoms with Gasteiger partial charge in [0.15, 0.2) is 5.58 Å². The normalized spacial score (nSPS) is 10.8. The van der Waals surface area contributed by atoms with E-state index < -0.39 is 17.5 Å². The number of aromatic nitrogens is 1. The Labute approximate surface area is 175 Å². The van der Waals surface area contributed by atoms with E-state index >= 15 is 0 Å². The summed E-state index contributed by atoms with van der Waals surface area (Å²) in [5.41, 5.74) is 2.51. The number of benzene rings is 3. The highest BCUT2D eigenvalue weighted by atomic mass is 19.1. The van der Waals surface area contributed by atoms with Crippen LogP contribution in [-0.4, -0.2) is 23.3 Å².